The Balaban J connectivity index is 3.05. The van der Waals surface area contributed by atoms with Crippen LogP contribution in [0.1, 0.15) is 11.1 Å². The van der Waals surface area contributed by atoms with Crippen LogP contribution in [0.25, 0.3) is 0 Å². The Morgan fingerprint density at radius 1 is 1.28 bits per heavy atom. The number of anilines is 1. The zero-order valence-corrected chi connectivity index (χ0v) is 12.3. The molecule has 0 spiro atoms. The van der Waals surface area contributed by atoms with E-state index in [1.54, 1.807) is 26.0 Å². The smallest absolute Gasteiger partial charge is 0.242 e. The molecule has 0 saturated heterocycles. The predicted octanol–water partition coefficient (Wildman–Crippen LogP) is 0.542. The molecule has 1 aromatic rings. The lowest BCUT2D eigenvalue weighted by atomic mass is 10.1. The number of rotatable bonds is 5. The molecule has 5 nitrogen and oxygen atoms in total. The maximum Gasteiger partial charge on any atom is 0.242 e. The third-order valence-electron chi connectivity index (χ3n) is 2.56. The lowest BCUT2D eigenvalue weighted by molar-refractivity contribution is 0.583. The van der Waals surface area contributed by atoms with Gasteiger partial charge in [-0.2, -0.15) is 0 Å². The van der Waals surface area contributed by atoms with Crippen LogP contribution in [0.4, 0.5) is 5.69 Å². The summed E-state index contributed by atoms with van der Waals surface area (Å²) in [4.78, 5) is 0.115. The van der Waals surface area contributed by atoms with Gasteiger partial charge in [-0.05, 0) is 25.0 Å². The Labute approximate surface area is 110 Å². The molecule has 18 heavy (non-hydrogen) atoms. The molecule has 0 amide bonds. The van der Waals surface area contributed by atoms with Crippen molar-refractivity contribution in [2.24, 2.45) is 0 Å². The van der Waals surface area contributed by atoms with Crippen molar-refractivity contribution in [2.45, 2.75) is 18.7 Å². The zero-order valence-electron chi connectivity index (χ0n) is 10.7. The first kappa shape index (κ1) is 15.1. The van der Waals surface area contributed by atoms with Crippen LogP contribution in [0.15, 0.2) is 17.0 Å². The zero-order chi connectivity index (χ0) is 13.9. The van der Waals surface area contributed by atoms with E-state index < -0.39 is 20.8 Å². The van der Waals surface area contributed by atoms with E-state index in [9.17, 15) is 12.6 Å². The molecule has 1 atom stereocenters. The molecule has 0 aliphatic heterocycles. The summed E-state index contributed by atoms with van der Waals surface area (Å²) in [5.74, 6) is 0.282. The van der Waals surface area contributed by atoms with Gasteiger partial charge in [0.15, 0.2) is 0 Å². The van der Waals surface area contributed by atoms with E-state index in [0.29, 0.717) is 5.56 Å². The van der Waals surface area contributed by atoms with Gasteiger partial charge < -0.3 is 5.73 Å². The van der Waals surface area contributed by atoms with Gasteiger partial charge in [0.2, 0.25) is 10.0 Å². The minimum atomic E-state index is -3.65. The summed E-state index contributed by atoms with van der Waals surface area (Å²) >= 11 is 0. The van der Waals surface area contributed by atoms with Crippen LogP contribution < -0.4 is 10.5 Å². The minimum absolute atomic E-state index is 0.115. The maximum atomic E-state index is 12.1. The van der Waals surface area contributed by atoms with Gasteiger partial charge in [-0.15, -0.1) is 0 Å². The molecule has 0 aliphatic rings. The molecule has 1 aromatic carbocycles. The van der Waals surface area contributed by atoms with E-state index >= 15 is 0 Å². The van der Waals surface area contributed by atoms with Crippen LogP contribution in [-0.2, 0) is 20.8 Å². The number of nitrogen functional groups attached to an aromatic ring is 1. The Hall–Kier alpha value is -0.920. The lowest BCUT2D eigenvalue weighted by Crippen LogP contribution is -2.29. The van der Waals surface area contributed by atoms with Crippen LogP contribution in [0, 0.1) is 13.8 Å². The minimum Gasteiger partial charge on any atom is -0.397 e. The molecule has 0 heterocycles. The number of sulfonamides is 1. The quantitative estimate of drug-likeness (QED) is 0.775. The highest BCUT2D eigenvalue weighted by Gasteiger charge is 2.20. The summed E-state index contributed by atoms with van der Waals surface area (Å²) in [6.45, 7) is 3.59. The molecule has 1 rings (SSSR count). The van der Waals surface area contributed by atoms with Crippen molar-refractivity contribution in [3.8, 4) is 0 Å². The molecule has 0 radical (unpaired) electrons. The SMILES string of the molecule is Cc1ccc(C)c(S(=O)(=O)NCCS(C)=O)c1N. The van der Waals surface area contributed by atoms with Crippen LogP contribution in [0.5, 0.6) is 0 Å². The van der Waals surface area contributed by atoms with Gasteiger partial charge in [0.05, 0.1) is 5.69 Å². The molecular formula is C11H18N2O3S2. The molecule has 0 aromatic heterocycles. The maximum absolute atomic E-state index is 12.1. The average Bonchev–Trinajstić information content (AvgIpc) is 2.23. The molecular weight excluding hydrogens is 272 g/mol. The first-order valence-corrected chi connectivity index (χ1v) is 8.62. The fraction of sp³-hybridized carbons (Fsp3) is 0.455. The first-order chi connectivity index (χ1) is 8.25. The Morgan fingerprint density at radius 2 is 1.83 bits per heavy atom. The normalized spacial score (nSPS) is 13.5. The highest BCUT2D eigenvalue weighted by Crippen LogP contribution is 2.25. The first-order valence-electron chi connectivity index (χ1n) is 5.41. The van der Waals surface area contributed by atoms with Crippen LogP contribution in [0.3, 0.4) is 0 Å². The summed E-state index contributed by atoms with van der Waals surface area (Å²) < 4.78 is 37.6. The standard InChI is InChI=1S/C11H18N2O3S2/c1-8-4-5-9(2)11(10(8)12)18(15,16)13-6-7-17(3)14/h4-5,13H,6-7,12H2,1-3H3. The lowest BCUT2D eigenvalue weighted by Gasteiger charge is -2.13. The Bertz CT molecular complexity index is 568. The third kappa shape index (κ3) is 3.54. The summed E-state index contributed by atoms with van der Waals surface area (Å²) in [5, 5.41) is 0. The second kappa shape index (κ2) is 5.81. The van der Waals surface area contributed by atoms with Crippen LogP contribution in [-0.4, -0.2) is 31.2 Å². The highest BCUT2D eigenvalue weighted by molar-refractivity contribution is 7.89. The monoisotopic (exact) mass is 290 g/mol. The van der Waals surface area contributed by atoms with Crippen molar-refractivity contribution in [3.63, 3.8) is 0 Å². The van der Waals surface area contributed by atoms with Crippen LogP contribution >= 0.6 is 0 Å². The third-order valence-corrected chi connectivity index (χ3v) is 5.00. The van der Waals surface area contributed by atoms with Crippen molar-refractivity contribution in [1.82, 2.24) is 4.72 Å². The number of benzene rings is 1. The molecule has 102 valence electrons. The van der Waals surface area contributed by atoms with Gasteiger partial charge in [-0.3, -0.25) is 4.21 Å². The Morgan fingerprint density at radius 3 is 2.39 bits per heavy atom. The second-order valence-electron chi connectivity index (χ2n) is 4.12. The molecule has 0 saturated carbocycles. The van der Waals surface area contributed by atoms with Gasteiger partial charge in [0, 0.05) is 29.4 Å². The molecule has 0 fully saturated rings. The summed E-state index contributed by atoms with van der Waals surface area (Å²) in [6, 6.07) is 3.50. The predicted molar refractivity (Wildman–Crippen MR) is 74.5 cm³/mol. The van der Waals surface area contributed by atoms with Crippen molar-refractivity contribution < 1.29 is 12.6 Å². The van der Waals surface area contributed by atoms with Crippen molar-refractivity contribution in [1.29, 1.82) is 0 Å². The van der Waals surface area contributed by atoms with E-state index in [0.717, 1.165) is 5.56 Å². The number of hydrogen-bond acceptors (Lipinski definition) is 4. The topological polar surface area (TPSA) is 89.3 Å². The second-order valence-corrected chi connectivity index (χ2v) is 7.38. The van der Waals surface area contributed by atoms with E-state index in [2.05, 4.69) is 4.72 Å². The van der Waals surface area contributed by atoms with E-state index in [1.807, 2.05) is 0 Å². The summed E-state index contributed by atoms with van der Waals surface area (Å²) in [7, 11) is -4.68. The highest BCUT2D eigenvalue weighted by atomic mass is 32.2. The van der Waals surface area contributed by atoms with Gasteiger partial charge in [0.1, 0.15) is 4.90 Å². The largest absolute Gasteiger partial charge is 0.397 e. The fourth-order valence-electron chi connectivity index (χ4n) is 1.56. The molecule has 3 N–H and O–H groups in total. The van der Waals surface area contributed by atoms with E-state index in [4.69, 9.17) is 5.73 Å². The van der Waals surface area contributed by atoms with Gasteiger partial charge in [0.25, 0.3) is 0 Å². The number of nitrogens with two attached hydrogens (primary N) is 1. The van der Waals surface area contributed by atoms with Gasteiger partial charge in [-0.1, -0.05) is 12.1 Å². The number of nitrogens with one attached hydrogen (secondary N) is 1. The van der Waals surface area contributed by atoms with Crippen LogP contribution in [0.2, 0.25) is 0 Å². The van der Waals surface area contributed by atoms with Crippen molar-refractivity contribution in [3.05, 3.63) is 23.3 Å². The van der Waals surface area contributed by atoms with Crippen molar-refractivity contribution in [2.75, 3.05) is 24.3 Å². The summed E-state index contributed by atoms with van der Waals surface area (Å²) in [6.07, 6.45) is 1.53. The Kier molecular flexibility index (Phi) is 4.89. The molecule has 1 unspecified atom stereocenters. The van der Waals surface area contributed by atoms with Gasteiger partial charge >= 0.3 is 0 Å². The summed E-state index contributed by atoms with van der Waals surface area (Å²) in [5.41, 5.74) is 7.41. The molecule has 0 aliphatic carbocycles. The van der Waals surface area contributed by atoms with Crippen molar-refractivity contribution >= 4 is 26.5 Å². The number of aryl methyl sites for hydroxylation is 2. The molecule has 0 bridgehead atoms. The average molecular weight is 290 g/mol. The number of hydrogen-bond donors (Lipinski definition) is 2. The molecule has 7 heteroatoms. The van der Waals surface area contributed by atoms with Gasteiger partial charge in [-0.25, -0.2) is 13.1 Å². The fourth-order valence-corrected chi connectivity index (χ4v) is 3.53. The van der Waals surface area contributed by atoms with E-state index in [1.165, 1.54) is 6.26 Å². The van der Waals surface area contributed by atoms with E-state index in [-0.39, 0.29) is 22.9 Å².